The molecular formula is C17H19NO3. The fraction of sp³-hybridized carbons (Fsp3) is 0.235. The molecule has 21 heavy (non-hydrogen) atoms. The number of carbonyl (C=O) groups excluding carboxylic acids is 1. The van der Waals surface area contributed by atoms with Gasteiger partial charge in [-0.2, -0.15) is 0 Å². The van der Waals surface area contributed by atoms with Gasteiger partial charge in [0.25, 0.3) is 5.91 Å². The van der Waals surface area contributed by atoms with Gasteiger partial charge < -0.3 is 14.8 Å². The third-order valence-electron chi connectivity index (χ3n) is 3.42. The van der Waals surface area contributed by atoms with E-state index in [1.165, 1.54) is 19.8 Å². The van der Waals surface area contributed by atoms with Crippen LogP contribution in [0.2, 0.25) is 0 Å². The van der Waals surface area contributed by atoms with Gasteiger partial charge in [-0.15, -0.1) is 0 Å². The zero-order valence-electron chi connectivity index (χ0n) is 12.7. The van der Waals surface area contributed by atoms with Gasteiger partial charge >= 0.3 is 0 Å². The number of methoxy groups -OCH3 is 2. The van der Waals surface area contributed by atoms with Crippen LogP contribution in [-0.2, 0) is 0 Å². The van der Waals surface area contributed by atoms with Crippen molar-refractivity contribution in [3.8, 4) is 11.5 Å². The highest BCUT2D eigenvalue weighted by Crippen LogP contribution is 2.29. The summed E-state index contributed by atoms with van der Waals surface area (Å²) in [4.78, 5) is 12.5. The van der Waals surface area contributed by atoms with E-state index in [-0.39, 0.29) is 5.91 Å². The van der Waals surface area contributed by atoms with Gasteiger partial charge in [-0.25, -0.2) is 0 Å². The summed E-state index contributed by atoms with van der Waals surface area (Å²) < 4.78 is 10.5. The molecule has 0 fully saturated rings. The molecule has 1 N–H and O–H groups in total. The van der Waals surface area contributed by atoms with Crippen molar-refractivity contribution in [1.82, 2.24) is 0 Å². The van der Waals surface area contributed by atoms with Gasteiger partial charge in [-0.1, -0.05) is 12.1 Å². The fourth-order valence-electron chi connectivity index (χ4n) is 2.09. The lowest BCUT2D eigenvalue weighted by Crippen LogP contribution is -2.14. The molecule has 0 atom stereocenters. The molecule has 0 saturated heterocycles. The maximum absolute atomic E-state index is 12.5. The number of ether oxygens (including phenoxy) is 2. The number of nitrogens with one attached hydrogen (secondary N) is 1. The number of benzene rings is 2. The average Bonchev–Trinajstić information content (AvgIpc) is 2.49. The molecule has 0 heterocycles. The van der Waals surface area contributed by atoms with Crippen LogP contribution in [-0.4, -0.2) is 20.1 Å². The Morgan fingerprint density at radius 1 is 0.952 bits per heavy atom. The van der Waals surface area contributed by atoms with E-state index in [1.54, 1.807) is 18.2 Å². The number of amides is 1. The van der Waals surface area contributed by atoms with Crippen LogP contribution in [0, 0.1) is 13.8 Å². The van der Waals surface area contributed by atoms with E-state index in [1.807, 2.05) is 32.0 Å². The molecule has 0 bridgehead atoms. The highest BCUT2D eigenvalue weighted by atomic mass is 16.5. The van der Waals surface area contributed by atoms with Gasteiger partial charge in [0.05, 0.1) is 14.2 Å². The molecule has 2 aromatic carbocycles. The van der Waals surface area contributed by atoms with Crippen LogP contribution in [0.25, 0.3) is 0 Å². The summed E-state index contributed by atoms with van der Waals surface area (Å²) in [6.45, 7) is 4.04. The summed E-state index contributed by atoms with van der Waals surface area (Å²) >= 11 is 0. The van der Waals surface area contributed by atoms with E-state index in [4.69, 9.17) is 9.47 Å². The molecule has 1 amide bonds. The highest BCUT2D eigenvalue weighted by Gasteiger charge is 2.18. The predicted octanol–water partition coefficient (Wildman–Crippen LogP) is 3.57. The minimum absolute atomic E-state index is 0.257. The van der Waals surface area contributed by atoms with Crippen LogP contribution in [0.1, 0.15) is 21.5 Å². The third kappa shape index (κ3) is 3.16. The van der Waals surface area contributed by atoms with Crippen molar-refractivity contribution in [2.24, 2.45) is 0 Å². The third-order valence-corrected chi connectivity index (χ3v) is 3.42. The lowest BCUT2D eigenvalue weighted by molar-refractivity contribution is 0.102. The fourth-order valence-corrected chi connectivity index (χ4v) is 2.09. The lowest BCUT2D eigenvalue weighted by atomic mass is 10.1. The first kappa shape index (κ1) is 14.9. The Morgan fingerprint density at radius 2 is 1.57 bits per heavy atom. The Labute approximate surface area is 124 Å². The molecule has 0 aromatic heterocycles. The number of anilines is 1. The molecule has 0 spiro atoms. The van der Waals surface area contributed by atoms with Gasteiger partial charge in [0.15, 0.2) is 0 Å². The molecule has 0 unspecified atom stereocenters. The average molecular weight is 285 g/mol. The first-order valence-electron chi connectivity index (χ1n) is 6.66. The van der Waals surface area contributed by atoms with Crippen LogP contribution in [0.3, 0.4) is 0 Å². The van der Waals surface area contributed by atoms with Crippen LogP contribution in [0.5, 0.6) is 11.5 Å². The molecule has 0 aliphatic rings. The summed E-state index contributed by atoms with van der Waals surface area (Å²) in [5.41, 5.74) is 3.44. The number of hydrogen-bond donors (Lipinski definition) is 1. The van der Waals surface area contributed by atoms with Gasteiger partial charge in [0.1, 0.15) is 17.1 Å². The monoisotopic (exact) mass is 285 g/mol. The molecule has 2 rings (SSSR count). The van der Waals surface area contributed by atoms with Crippen molar-refractivity contribution >= 4 is 11.6 Å². The minimum atomic E-state index is -0.257. The van der Waals surface area contributed by atoms with E-state index < -0.39 is 0 Å². The first-order valence-corrected chi connectivity index (χ1v) is 6.66. The standard InChI is InChI=1S/C17H19NO3/c1-11-8-9-13(10-12(11)2)18-17(19)16-14(20-3)6-5-7-15(16)21-4/h5-10H,1-4H3,(H,18,19). The molecule has 0 saturated carbocycles. The van der Waals surface area contributed by atoms with Crippen molar-refractivity contribution < 1.29 is 14.3 Å². The largest absolute Gasteiger partial charge is 0.496 e. The smallest absolute Gasteiger partial charge is 0.263 e. The summed E-state index contributed by atoms with van der Waals surface area (Å²) in [5, 5.41) is 2.88. The molecule has 4 nitrogen and oxygen atoms in total. The minimum Gasteiger partial charge on any atom is -0.496 e. The van der Waals surface area contributed by atoms with Crippen LogP contribution in [0.4, 0.5) is 5.69 Å². The molecular weight excluding hydrogens is 266 g/mol. The maximum Gasteiger partial charge on any atom is 0.263 e. The van der Waals surface area contributed by atoms with Gasteiger partial charge in [0, 0.05) is 5.69 Å². The summed E-state index contributed by atoms with van der Waals surface area (Å²) in [6, 6.07) is 11.0. The Kier molecular flexibility index (Phi) is 4.48. The van der Waals surface area contributed by atoms with Crippen molar-refractivity contribution in [1.29, 1.82) is 0 Å². The van der Waals surface area contributed by atoms with E-state index in [0.29, 0.717) is 17.1 Å². The van der Waals surface area contributed by atoms with Gasteiger partial charge in [-0.05, 0) is 49.2 Å². The highest BCUT2D eigenvalue weighted by molar-refractivity contribution is 6.08. The number of rotatable bonds is 4. The normalized spacial score (nSPS) is 10.1. The van der Waals surface area contributed by atoms with Gasteiger partial charge in [-0.3, -0.25) is 4.79 Å². The summed E-state index contributed by atoms with van der Waals surface area (Å²) in [6.07, 6.45) is 0. The van der Waals surface area contributed by atoms with Crippen molar-refractivity contribution in [3.05, 3.63) is 53.1 Å². The SMILES string of the molecule is COc1cccc(OC)c1C(=O)Nc1ccc(C)c(C)c1. The quantitative estimate of drug-likeness (QED) is 0.934. The second-order valence-corrected chi connectivity index (χ2v) is 4.79. The van der Waals surface area contributed by atoms with E-state index in [9.17, 15) is 4.79 Å². The van der Waals surface area contributed by atoms with Crippen molar-refractivity contribution in [3.63, 3.8) is 0 Å². The van der Waals surface area contributed by atoms with Gasteiger partial charge in [0.2, 0.25) is 0 Å². The lowest BCUT2D eigenvalue weighted by Gasteiger charge is -2.13. The van der Waals surface area contributed by atoms with E-state index in [2.05, 4.69) is 5.32 Å². The van der Waals surface area contributed by atoms with Crippen LogP contribution < -0.4 is 14.8 Å². The first-order chi connectivity index (χ1) is 10.1. The zero-order valence-corrected chi connectivity index (χ0v) is 12.7. The Balaban J connectivity index is 2.34. The maximum atomic E-state index is 12.5. The second kappa shape index (κ2) is 6.31. The predicted molar refractivity (Wildman–Crippen MR) is 83.4 cm³/mol. The number of hydrogen-bond acceptors (Lipinski definition) is 3. The Bertz CT molecular complexity index is 643. The molecule has 0 aliphatic heterocycles. The molecule has 110 valence electrons. The molecule has 2 aromatic rings. The summed E-state index contributed by atoms with van der Waals surface area (Å²) in [7, 11) is 3.06. The second-order valence-electron chi connectivity index (χ2n) is 4.79. The topological polar surface area (TPSA) is 47.6 Å². The van der Waals surface area contributed by atoms with Crippen molar-refractivity contribution in [2.75, 3.05) is 19.5 Å². The van der Waals surface area contributed by atoms with Crippen LogP contribution >= 0.6 is 0 Å². The van der Waals surface area contributed by atoms with Crippen molar-refractivity contribution in [2.45, 2.75) is 13.8 Å². The Hall–Kier alpha value is -2.49. The molecule has 0 radical (unpaired) electrons. The summed E-state index contributed by atoms with van der Waals surface area (Å²) in [5.74, 6) is 0.707. The molecule has 0 aliphatic carbocycles. The zero-order chi connectivity index (χ0) is 15.4. The number of carbonyl (C=O) groups is 1. The van der Waals surface area contributed by atoms with E-state index >= 15 is 0 Å². The molecule has 4 heteroatoms. The van der Waals surface area contributed by atoms with Crippen LogP contribution in [0.15, 0.2) is 36.4 Å². The Morgan fingerprint density at radius 3 is 2.10 bits per heavy atom. The van der Waals surface area contributed by atoms with E-state index in [0.717, 1.165) is 11.3 Å². The number of aryl methyl sites for hydroxylation is 2.